The molecule has 0 aliphatic rings. The first-order valence-corrected chi connectivity index (χ1v) is 6.43. The van der Waals surface area contributed by atoms with Crippen molar-refractivity contribution in [3.05, 3.63) is 24.3 Å². The number of carboxylic acids is 1. The highest BCUT2D eigenvalue weighted by Crippen LogP contribution is 2.16. The highest BCUT2D eigenvalue weighted by molar-refractivity contribution is 7.90. The van der Waals surface area contributed by atoms with Crippen LogP contribution in [0.25, 0.3) is 0 Å². The summed E-state index contributed by atoms with van der Waals surface area (Å²) in [5.41, 5.74) is 0.310. The van der Waals surface area contributed by atoms with Crippen molar-refractivity contribution >= 4 is 27.4 Å². The summed E-state index contributed by atoms with van der Waals surface area (Å²) in [5, 5.41) is 8.51. The van der Waals surface area contributed by atoms with Crippen molar-refractivity contribution in [2.75, 3.05) is 18.2 Å². The van der Waals surface area contributed by atoms with E-state index >= 15 is 0 Å². The number of rotatable bonds is 2. The SMILES string of the molecule is CN(C(=O)C(=O)O)c1ccc(S(C)(=O)=O)cc1. The molecule has 7 heteroatoms. The Kier molecular flexibility index (Phi) is 3.52. The summed E-state index contributed by atoms with van der Waals surface area (Å²) < 4.78 is 22.4. The van der Waals surface area contributed by atoms with Crippen molar-refractivity contribution in [3.63, 3.8) is 0 Å². The van der Waals surface area contributed by atoms with Crippen molar-refractivity contribution in [2.24, 2.45) is 0 Å². The largest absolute Gasteiger partial charge is 0.474 e. The summed E-state index contributed by atoms with van der Waals surface area (Å²) in [7, 11) is -2.00. The summed E-state index contributed by atoms with van der Waals surface area (Å²) in [6.45, 7) is 0. The lowest BCUT2D eigenvalue weighted by Crippen LogP contribution is -2.32. The van der Waals surface area contributed by atoms with Gasteiger partial charge in [0.05, 0.1) is 4.90 Å². The average Bonchev–Trinajstić information content (AvgIpc) is 2.26. The van der Waals surface area contributed by atoms with Gasteiger partial charge in [-0.2, -0.15) is 0 Å². The lowest BCUT2D eigenvalue weighted by atomic mass is 10.3. The normalized spacial score (nSPS) is 10.9. The molecule has 0 unspecified atom stereocenters. The first-order chi connectivity index (χ1) is 7.73. The fourth-order valence-corrected chi connectivity index (χ4v) is 1.81. The lowest BCUT2D eigenvalue weighted by molar-refractivity contribution is -0.148. The smallest absolute Gasteiger partial charge is 0.394 e. The van der Waals surface area contributed by atoms with Crippen molar-refractivity contribution in [1.82, 2.24) is 0 Å². The van der Waals surface area contributed by atoms with Crippen molar-refractivity contribution in [1.29, 1.82) is 0 Å². The van der Waals surface area contributed by atoms with Crippen LogP contribution < -0.4 is 4.90 Å². The molecule has 0 bridgehead atoms. The molecule has 1 N–H and O–H groups in total. The Balaban J connectivity index is 3.04. The minimum Gasteiger partial charge on any atom is -0.474 e. The Morgan fingerprint density at radius 3 is 2.00 bits per heavy atom. The summed E-state index contributed by atoms with van der Waals surface area (Å²) in [5.74, 6) is -2.66. The van der Waals surface area contributed by atoms with Gasteiger partial charge in [-0.05, 0) is 24.3 Å². The molecule has 0 radical (unpaired) electrons. The van der Waals surface area contributed by atoms with E-state index in [4.69, 9.17) is 5.11 Å². The number of amides is 1. The molecule has 1 aromatic carbocycles. The molecule has 0 aliphatic heterocycles. The van der Waals surface area contributed by atoms with Gasteiger partial charge >= 0.3 is 11.9 Å². The number of nitrogens with zero attached hydrogens (tertiary/aromatic N) is 1. The Hall–Kier alpha value is -1.89. The number of sulfone groups is 1. The van der Waals surface area contributed by atoms with Crippen LogP contribution in [-0.2, 0) is 19.4 Å². The lowest BCUT2D eigenvalue weighted by Gasteiger charge is -2.14. The molecule has 0 aliphatic carbocycles. The monoisotopic (exact) mass is 257 g/mol. The quantitative estimate of drug-likeness (QED) is 0.761. The van der Waals surface area contributed by atoms with Gasteiger partial charge in [0.2, 0.25) is 0 Å². The number of carboxylic acid groups (broad SMARTS) is 1. The number of hydrogen-bond donors (Lipinski definition) is 1. The summed E-state index contributed by atoms with van der Waals surface area (Å²) in [6.07, 6.45) is 1.06. The average molecular weight is 257 g/mol. The minimum atomic E-state index is -3.30. The van der Waals surface area contributed by atoms with Crippen molar-refractivity contribution in [2.45, 2.75) is 4.90 Å². The van der Waals surface area contributed by atoms with Crippen LogP contribution >= 0.6 is 0 Å². The summed E-state index contributed by atoms with van der Waals surface area (Å²) in [4.78, 5) is 22.6. The Bertz CT molecular complexity index is 547. The molecular weight excluding hydrogens is 246 g/mol. The van der Waals surface area contributed by atoms with Crippen LogP contribution in [0.4, 0.5) is 5.69 Å². The molecule has 0 atom stereocenters. The third-order valence-corrected chi connectivity index (χ3v) is 3.27. The Morgan fingerprint density at radius 2 is 1.65 bits per heavy atom. The van der Waals surface area contributed by atoms with Crippen LogP contribution in [0.2, 0.25) is 0 Å². The van der Waals surface area contributed by atoms with Gasteiger partial charge in [-0.15, -0.1) is 0 Å². The zero-order valence-corrected chi connectivity index (χ0v) is 10.1. The first-order valence-electron chi connectivity index (χ1n) is 4.54. The van der Waals surface area contributed by atoms with Crippen LogP contribution in [0.5, 0.6) is 0 Å². The second-order valence-electron chi connectivity index (χ2n) is 3.44. The summed E-state index contributed by atoms with van der Waals surface area (Å²) >= 11 is 0. The maximum Gasteiger partial charge on any atom is 0.394 e. The topological polar surface area (TPSA) is 91.8 Å². The molecule has 92 valence electrons. The van der Waals surface area contributed by atoms with E-state index in [0.29, 0.717) is 5.69 Å². The molecule has 0 saturated carbocycles. The molecular formula is C10H11NO5S. The molecule has 1 amide bonds. The predicted molar refractivity (Wildman–Crippen MR) is 60.6 cm³/mol. The number of aliphatic carboxylic acids is 1. The fourth-order valence-electron chi connectivity index (χ4n) is 1.18. The van der Waals surface area contributed by atoms with Crippen molar-refractivity contribution in [3.8, 4) is 0 Å². The van der Waals surface area contributed by atoms with Gasteiger partial charge in [0, 0.05) is 19.0 Å². The highest BCUT2D eigenvalue weighted by Gasteiger charge is 2.18. The Morgan fingerprint density at radius 1 is 1.18 bits per heavy atom. The van der Waals surface area contributed by atoms with Crippen LogP contribution in [0.3, 0.4) is 0 Å². The van der Waals surface area contributed by atoms with Gasteiger partial charge in [0.25, 0.3) is 0 Å². The third-order valence-electron chi connectivity index (χ3n) is 2.14. The van der Waals surface area contributed by atoms with Gasteiger partial charge in [-0.3, -0.25) is 4.79 Å². The van der Waals surface area contributed by atoms with Gasteiger partial charge in [-0.25, -0.2) is 13.2 Å². The molecule has 0 saturated heterocycles. The molecule has 17 heavy (non-hydrogen) atoms. The summed E-state index contributed by atoms with van der Waals surface area (Å²) in [6, 6.07) is 5.38. The van der Waals surface area contributed by atoms with E-state index < -0.39 is 21.7 Å². The van der Waals surface area contributed by atoms with E-state index in [2.05, 4.69) is 0 Å². The van der Waals surface area contributed by atoms with E-state index in [0.717, 1.165) is 11.2 Å². The first kappa shape index (κ1) is 13.2. The van der Waals surface area contributed by atoms with Crippen LogP contribution in [0.15, 0.2) is 29.2 Å². The van der Waals surface area contributed by atoms with E-state index in [1.165, 1.54) is 31.3 Å². The standard InChI is InChI=1S/C10H11NO5S/c1-11(9(12)10(13)14)7-3-5-8(6-4-7)17(2,15)16/h3-6H,1-2H3,(H,13,14). The number of benzene rings is 1. The minimum absolute atomic E-state index is 0.109. The maximum atomic E-state index is 11.2. The molecule has 0 heterocycles. The van der Waals surface area contributed by atoms with Gasteiger partial charge in [0.1, 0.15) is 0 Å². The number of carbonyl (C=O) groups excluding carboxylic acids is 1. The van der Waals surface area contributed by atoms with Crippen molar-refractivity contribution < 1.29 is 23.1 Å². The third kappa shape index (κ3) is 3.04. The van der Waals surface area contributed by atoms with Gasteiger partial charge in [0.15, 0.2) is 9.84 Å². The molecule has 0 spiro atoms. The van der Waals surface area contributed by atoms with Gasteiger partial charge in [-0.1, -0.05) is 0 Å². The maximum absolute atomic E-state index is 11.2. The van der Waals surface area contributed by atoms with Crippen LogP contribution in [-0.4, -0.2) is 38.7 Å². The van der Waals surface area contributed by atoms with Gasteiger partial charge < -0.3 is 10.0 Å². The molecule has 1 aromatic rings. The number of carbonyl (C=O) groups is 2. The fraction of sp³-hybridized carbons (Fsp3) is 0.200. The zero-order valence-electron chi connectivity index (χ0n) is 9.25. The Labute approximate surface area is 98.4 Å². The molecule has 1 rings (SSSR count). The molecule has 0 fully saturated rings. The number of likely N-dealkylation sites (N-methyl/N-ethyl adjacent to an activating group) is 1. The van der Waals surface area contributed by atoms with Crippen LogP contribution in [0, 0.1) is 0 Å². The highest BCUT2D eigenvalue weighted by atomic mass is 32.2. The molecule has 6 nitrogen and oxygen atoms in total. The second kappa shape index (κ2) is 4.54. The predicted octanol–water partition coefficient (Wildman–Crippen LogP) is 0.137. The van der Waals surface area contributed by atoms with E-state index in [-0.39, 0.29) is 4.90 Å². The van der Waals surface area contributed by atoms with Crippen LogP contribution in [0.1, 0.15) is 0 Å². The van der Waals surface area contributed by atoms with E-state index in [1.54, 1.807) is 0 Å². The number of hydrogen-bond acceptors (Lipinski definition) is 4. The number of anilines is 1. The van der Waals surface area contributed by atoms with E-state index in [1.807, 2.05) is 0 Å². The van der Waals surface area contributed by atoms with E-state index in [9.17, 15) is 18.0 Å². The molecule has 0 aromatic heterocycles. The second-order valence-corrected chi connectivity index (χ2v) is 5.45. The zero-order chi connectivity index (χ0) is 13.2.